The molecule has 2 atom stereocenters. The molecule has 0 saturated carbocycles. The predicted octanol–water partition coefficient (Wildman–Crippen LogP) is 2.01. The van der Waals surface area contributed by atoms with Crippen molar-refractivity contribution in [2.75, 3.05) is 6.54 Å². The van der Waals surface area contributed by atoms with Crippen LogP contribution in [0.15, 0.2) is 18.2 Å². The zero-order chi connectivity index (χ0) is 17.6. The molecule has 0 aliphatic carbocycles. The third kappa shape index (κ3) is 6.22. The summed E-state index contributed by atoms with van der Waals surface area (Å²) in [6.07, 6.45) is -3.02. The number of aliphatic hydroxyl groups is 2. The van der Waals surface area contributed by atoms with Gasteiger partial charge in [0.2, 0.25) is 0 Å². The molecule has 0 bridgehead atoms. The molecule has 0 radical (unpaired) electrons. The molecule has 1 rings (SSSR count). The van der Waals surface area contributed by atoms with Crippen molar-refractivity contribution in [1.82, 2.24) is 5.32 Å². The van der Waals surface area contributed by atoms with E-state index < -0.39 is 29.7 Å². The maximum absolute atomic E-state index is 13.2. The van der Waals surface area contributed by atoms with Crippen molar-refractivity contribution < 1.29 is 24.1 Å². The van der Waals surface area contributed by atoms with Crippen molar-refractivity contribution in [3.05, 3.63) is 35.1 Å². The largest absolute Gasteiger partial charge is 0.444 e. The Hall–Kier alpha value is -2.17. The summed E-state index contributed by atoms with van der Waals surface area (Å²) in [6.45, 7) is 5.28. The first-order chi connectivity index (χ1) is 10.6. The van der Waals surface area contributed by atoms with E-state index in [1.165, 1.54) is 12.1 Å². The molecule has 3 N–H and O–H groups in total. The Bertz CT molecular complexity index is 593. The molecule has 0 heterocycles. The lowest BCUT2D eigenvalue weighted by Gasteiger charge is -2.21. The lowest BCUT2D eigenvalue weighted by Crippen LogP contribution is -2.34. The number of carbonyl (C=O) groups excluding carboxylic acids is 1. The molecule has 0 fully saturated rings. The highest BCUT2D eigenvalue weighted by atomic mass is 19.1. The second-order valence-electron chi connectivity index (χ2n) is 6.08. The summed E-state index contributed by atoms with van der Waals surface area (Å²) >= 11 is 0. The van der Waals surface area contributed by atoms with E-state index in [9.17, 15) is 19.4 Å². The highest BCUT2D eigenvalue weighted by molar-refractivity contribution is 5.67. The molecule has 0 aliphatic rings. The van der Waals surface area contributed by atoms with Crippen LogP contribution >= 0.6 is 0 Å². The van der Waals surface area contributed by atoms with E-state index in [1.807, 2.05) is 0 Å². The molecule has 6 nitrogen and oxygen atoms in total. The summed E-state index contributed by atoms with van der Waals surface area (Å²) in [5.74, 6) is -0.690. The van der Waals surface area contributed by atoms with Gasteiger partial charge in [-0.05, 0) is 44.9 Å². The standard InChI is InChI=1S/C16H21FN2O4/c1-16(2,3)23-15(22)19-7-6-13(20)14(21)10-4-5-12(17)11(8-10)9-18/h4-5,8,13-14,20-21H,6-7H2,1-3H3,(H,19,22). The summed E-state index contributed by atoms with van der Waals surface area (Å²) in [4.78, 5) is 11.4. The highest BCUT2D eigenvalue weighted by Gasteiger charge is 2.21. The molecule has 1 aromatic rings. The van der Waals surface area contributed by atoms with Crippen LogP contribution in [0, 0.1) is 17.1 Å². The minimum Gasteiger partial charge on any atom is -0.444 e. The number of nitrogens with zero attached hydrogens (tertiary/aromatic N) is 1. The number of hydrogen-bond donors (Lipinski definition) is 3. The van der Waals surface area contributed by atoms with Crippen LogP contribution in [0.4, 0.5) is 9.18 Å². The summed E-state index contributed by atoms with van der Waals surface area (Å²) in [5, 5.41) is 31.2. The first kappa shape index (κ1) is 18.9. The third-order valence-corrected chi connectivity index (χ3v) is 2.93. The highest BCUT2D eigenvalue weighted by Crippen LogP contribution is 2.21. The number of nitrogens with one attached hydrogen (secondary N) is 1. The topological polar surface area (TPSA) is 103 Å². The quantitative estimate of drug-likeness (QED) is 0.769. The Labute approximate surface area is 134 Å². The Morgan fingerprint density at radius 3 is 2.65 bits per heavy atom. The van der Waals surface area contributed by atoms with Gasteiger partial charge in [0, 0.05) is 6.54 Å². The molecule has 0 spiro atoms. The average Bonchev–Trinajstić information content (AvgIpc) is 2.45. The van der Waals surface area contributed by atoms with Crippen molar-refractivity contribution in [1.29, 1.82) is 5.26 Å². The van der Waals surface area contributed by atoms with E-state index in [2.05, 4.69) is 5.32 Å². The van der Waals surface area contributed by atoms with Crippen molar-refractivity contribution in [3.63, 3.8) is 0 Å². The van der Waals surface area contributed by atoms with Crippen LogP contribution in [0.1, 0.15) is 44.4 Å². The SMILES string of the molecule is CC(C)(C)OC(=O)NCCC(O)C(O)c1ccc(F)c(C#N)c1. The van der Waals surface area contributed by atoms with E-state index in [0.29, 0.717) is 0 Å². The van der Waals surface area contributed by atoms with Crippen LogP contribution in [0.5, 0.6) is 0 Å². The van der Waals surface area contributed by atoms with Crippen molar-refractivity contribution in [2.45, 2.75) is 45.0 Å². The van der Waals surface area contributed by atoms with Gasteiger partial charge < -0.3 is 20.3 Å². The number of benzene rings is 1. The fourth-order valence-corrected chi connectivity index (χ4v) is 1.83. The molecule has 1 amide bonds. The van der Waals surface area contributed by atoms with E-state index in [4.69, 9.17) is 10.00 Å². The average molecular weight is 324 g/mol. The maximum Gasteiger partial charge on any atom is 0.407 e. The summed E-state index contributed by atoms with van der Waals surface area (Å²) in [5.41, 5.74) is -0.599. The Morgan fingerprint density at radius 1 is 1.43 bits per heavy atom. The van der Waals surface area contributed by atoms with Gasteiger partial charge >= 0.3 is 6.09 Å². The number of ether oxygens (including phenoxy) is 1. The van der Waals surface area contributed by atoms with Gasteiger partial charge in [-0.3, -0.25) is 0 Å². The van der Waals surface area contributed by atoms with Gasteiger partial charge in [-0.2, -0.15) is 5.26 Å². The Morgan fingerprint density at radius 2 is 2.09 bits per heavy atom. The second-order valence-corrected chi connectivity index (χ2v) is 6.08. The monoisotopic (exact) mass is 324 g/mol. The molecule has 7 heteroatoms. The summed E-state index contributed by atoms with van der Waals surface area (Å²) < 4.78 is 18.3. The van der Waals surface area contributed by atoms with Crippen LogP contribution in [-0.2, 0) is 4.74 Å². The van der Waals surface area contributed by atoms with Crippen LogP contribution in [0.2, 0.25) is 0 Å². The Balaban J connectivity index is 2.53. The molecule has 23 heavy (non-hydrogen) atoms. The van der Waals surface area contributed by atoms with Gasteiger partial charge in [-0.1, -0.05) is 6.07 Å². The normalized spacial score (nSPS) is 13.8. The van der Waals surface area contributed by atoms with Crippen LogP contribution in [-0.4, -0.2) is 34.6 Å². The number of aliphatic hydroxyl groups excluding tert-OH is 2. The predicted molar refractivity (Wildman–Crippen MR) is 80.9 cm³/mol. The Kier molecular flexibility index (Phi) is 6.49. The number of alkyl carbamates (subject to hydrolysis) is 1. The minimum absolute atomic E-state index is 0.0691. The van der Waals surface area contributed by atoms with Gasteiger partial charge in [0.05, 0.1) is 11.7 Å². The zero-order valence-electron chi connectivity index (χ0n) is 13.3. The van der Waals surface area contributed by atoms with Gasteiger partial charge in [0.1, 0.15) is 23.6 Å². The fourth-order valence-electron chi connectivity index (χ4n) is 1.83. The number of halogens is 1. The van der Waals surface area contributed by atoms with Crippen molar-refractivity contribution in [3.8, 4) is 6.07 Å². The molecule has 0 saturated heterocycles. The number of carbonyl (C=O) groups is 1. The van der Waals surface area contributed by atoms with Crippen LogP contribution in [0.25, 0.3) is 0 Å². The van der Waals surface area contributed by atoms with E-state index in [-0.39, 0.29) is 24.1 Å². The number of hydrogen-bond acceptors (Lipinski definition) is 5. The van der Waals surface area contributed by atoms with Gasteiger partial charge in [-0.25, -0.2) is 9.18 Å². The maximum atomic E-state index is 13.2. The van der Waals surface area contributed by atoms with E-state index >= 15 is 0 Å². The molecular weight excluding hydrogens is 303 g/mol. The molecule has 2 unspecified atom stereocenters. The molecular formula is C16H21FN2O4. The van der Waals surface area contributed by atoms with Crippen LogP contribution in [0.3, 0.4) is 0 Å². The smallest absolute Gasteiger partial charge is 0.407 e. The van der Waals surface area contributed by atoms with Gasteiger partial charge in [0.25, 0.3) is 0 Å². The van der Waals surface area contributed by atoms with E-state index in [0.717, 1.165) is 6.07 Å². The number of nitriles is 1. The van der Waals surface area contributed by atoms with Crippen molar-refractivity contribution >= 4 is 6.09 Å². The van der Waals surface area contributed by atoms with Crippen LogP contribution < -0.4 is 5.32 Å². The fraction of sp³-hybridized carbons (Fsp3) is 0.500. The first-order valence-electron chi connectivity index (χ1n) is 7.16. The summed E-state index contributed by atoms with van der Waals surface area (Å²) in [7, 11) is 0. The van der Waals surface area contributed by atoms with E-state index in [1.54, 1.807) is 26.8 Å². The minimum atomic E-state index is -1.29. The number of amides is 1. The second kappa shape index (κ2) is 7.90. The molecule has 0 aromatic heterocycles. The molecule has 1 aromatic carbocycles. The van der Waals surface area contributed by atoms with Crippen molar-refractivity contribution in [2.24, 2.45) is 0 Å². The lowest BCUT2D eigenvalue weighted by atomic mass is 10.00. The van der Waals surface area contributed by atoms with Gasteiger partial charge in [-0.15, -0.1) is 0 Å². The lowest BCUT2D eigenvalue weighted by molar-refractivity contribution is 0.0122. The number of rotatable bonds is 5. The third-order valence-electron chi connectivity index (χ3n) is 2.93. The molecule has 0 aliphatic heterocycles. The zero-order valence-corrected chi connectivity index (χ0v) is 13.3. The molecule has 126 valence electrons. The summed E-state index contributed by atoms with van der Waals surface area (Å²) in [6, 6.07) is 5.21. The van der Waals surface area contributed by atoms with Gasteiger partial charge in [0.15, 0.2) is 0 Å². The first-order valence-corrected chi connectivity index (χ1v) is 7.16.